The van der Waals surface area contributed by atoms with Crippen LogP contribution in [0.15, 0.2) is 0 Å². The van der Waals surface area contributed by atoms with E-state index in [0.29, 0.717) is 6.42 Å². The molecule has 1 unspecified atom stereocenters. The second-order valence-corrected chi connectivity index (χ2v) is 4.76. The van der Waals surface area contributed by atoms with Crippen LogP contribution in [0.3, 0.4) is 0 Å². The second kappa shape index (κ2) is 4.82. The Morgan fingerprint density at radius 2 is 2.19 bits per heavy atom. The van der Waals surface area contributed by atoms with Gasteiger partial charge >= 0.3 is 0 Å². The normalized spacial score (nSPS) is 21.6. The van der Waals surface area contributed by atoms with E-state index in [0.717, 1.165) is 0 Å². The smallest absolute Gasteiger partial charge is 0.249 e. The number of carbonyl (C=O) groups excluding carboxylic acids is 3. The molecule has 0 saturated carbocycles. The molecule has 0 bridgehead atoms. The summed E-state index contributed by atoms with van der Waals surface area (Å²) in [5.41, 5.74) is -0.719. The fourth-order valence-electron chi connectivity index (χ4n) is 1.25. The van der Waals surface area contributed by atoms with E-state index in [4.69, 9.17) is 11.6 Å². The molecule has 1 rings (SSSR count). The highest BCUT2D eigenvalue weighted by Crippen LogP contribution is 2.18. The molecule has 1 aliphatic heterocycles. The van der Waals surface area contributed by atoms with Gasteiger partial charge in [0.15, 0.2) is 0 Å². The molecule has 5 nitrogen and oxygen atoms in total. The van der Waals surface area contributed by atoms with Gasteiger partial charge in [0.05, 0.1) is 5.41 Å². The summed E-state index contributed by atoms with van der Waals surface area (Å²) in [5.74, 6) is -0.856. The first kappa shape index (κ1) is 13.0. The number of imide groups is 1. The van der Waals surface area contributed by atoms with Crippen LogP contribution in [-0.4, -0.2) is 29.6 Å². The summed E-state index contributed by atoms with van der Waals surface area (Å²) in [7, 11) is 0. The fourth-order valence-corrected chi connectivity index (χ4v) is 1.37. The van der Waals surface area contributed by atoms with Gasteiger partial charge in [-0.05, 0) is 20.3 Å². The van der Waals surface area contributed by atoms with E-state index >= 15 is 0 Å². The zero-order chi connectivity index (χ0) is 12.3. The Bertz CT molecular complexity index is 328. The van der Waals surface area contributed by atoms with Gasteiger partial charge in [-0.2, -0.15) is 0 Å². The third kappa shape index (κ3) is 2.95. The van der Waals surface area contributed by atoms with Gasteiger partial charge in [0.2, 0.25) is 17.7 Å². The van der Waals surface area contributed by atoms with E-state index in [9.17, 15) is 14.4 Å². The van der Waals surface area contributed by atoms with E-state index in [1.54, 1.807) is 13.8 Å². The molecule has 0 aromatic heterocycles. The number of alkyl halides is 1. The first-order valence-electron chi connectivity index (χ1n) is 5.07. The predicted molar refractivity (Wildman–Crippen MR) is 58.8 cm³/mol. The Hall–Kier alpha value is -1.10. The summed E-state index contributed by atoms with van der Waals surface area (Å²) in [6.45, 7) is 3.39. The van der Waals surface area contributed by atoms with Crippen LogP contribution in [0.4, 0.5) is 0 Å². The molecular formula is C10H15ClN2O3. The van der Waals surface area contributed by atoms with Gasteiger partial charge in [-0.25, -0.2) is 0 Å². The molecule has 90 valence electrons. The van der Waals surface area contributed by atoms with E-state index in [-0.39, 0.29) is 24.1 Å². The standard InChI is InChI=1S/C10H15ClN2O3/c1-10(2,5-11)9(16)12-6-3-4-7(14)13-8(6)15/h6H,3-5H2,1-2H3,(H,12,16)(H,13,14,15). The van der Waals surface area contributed by atoms with Crippen molar-refractivity contribution in [2.45, 2.75) is 32.7 Å². The van der Waals surface area contributed by atoms with Crippen LogP contribution in [0, 0.1) is 5.41 Å². The molecule has 1 aliphatic rings. The molecule has 0 spiro atoms. The van der Waals surface area contributed by atoms with Crippen LogP contribution < -0.4 is 10.6 Å². The predicted octanol–water partition coefficient (Wildman–Crippen LogP) is 0.173. The first-order chi connectivity index (χ1) is 7.36. The monoisotopic (exact) mass is 246 g/mol. The van der Waals surface area contributed by atoms with Crippen LogP contribution >= 0.6 is 11.6 Å². The number of hydrogen-bond donors (Lipinski definition) is 2. The molecule has 1 atom stereocenters. The van der Waals surface area contributed by atoms with Crippen molar-refractivity contribution in [2.24, 2.45) is 5.41 Å². The third-order valence-corrected chi connectivity index (χ3v) is 3.16. The van der Waals surface area contributed by atoms with Crippen molar-refractivity contribution in [1.82, 2.24) is 10.6 Å². The van der Waals surface area contributed by atoms with Gasteiger partial charge in [-0.1, -0.05) is 0 Å². The van der Waals surface area contributed by atoms with E-state index < -0.39 is 17.4 Å². The highest BCUT2D eigenvalue weighted by molar-refractivity contribution is 6.20. The molecule has 1 fully saturated rings. The molecule has 0 aromatic rings. The van der Waals surface area contributed by atoms with Crippen molar-refractivity contribution in [3.63, 3.8) is 0 Å². The average molecular weight is 247 g/mol. The van der Waals surface area contributed by atoms with Crippen molar-refractivity contribution in [3.05, 3.63) is 0 Å². The van der Waals surface area contributed by atoms with Gasteiger partial charge in [-0.3, -0.25) is 19.7 Å². The van der Waals surface area contributed by atoms with Crippen LogP contribution in [0.5, 0.6) is 0 Å². The van der Waals surface area contributed by atoms with Crippen molar-refractivity contribution >= 4 is 29.3 Å². The Kier molecular flexibility index (Phi) is 3.91. The lowest BCUT2D eigenvalue weighted by Crippen LogP contribution is -2.54. The summed E-state index contributed by atoms with van der Waals surface area (Å²) in [4.78, 5) is 34.0. The molecule has 1 heterocycles. The molecular weight excluding hydrogens is 232 g/mol. The number of rotatable bonds is 3. The van der Waals surface area contributed by atoms with Crippen LogP contribution in [0.1, 0.15) is 26.7 Å². The van der Waals surface area contributed by atoms with Crippen LogP contribution in [-0.2, 0) is 14.4 Å². The molecule has 2 N–H and O–H groups in total. The van der Waals surface area contributed by atoms with Gasteiger partial charge in [0.1, 0.15) is 6.04 Å². The first-order valence-corrected chi connectivity index (χ1v) is 5.61. The van der Waals surface area contributed by atoms with Crippen molar-refractivity contribution in [1.29, 1.82) is 0 Å². The lowest BCUT2D eigenvalue weighted by Gasteiger charge is -2.26. The van der Waals surface area contributed by atoms with E-state index in [1.165, 1.54) is 0 Å². The van der Waals surface area contributed by atoms with Gasteiger partial charge in [-0.15, -0.1) is 11.6 Å². The molecule has 6 heteroatoms. The lowest BCUT2D eigenvalue weighted by atomic mass is 9.94. The minimum atomic E-state index is -0.719. The minimum absolute atomic E-state index is 0.173. The van der Waals surface area contributed by atoms with Gasteiger partial charge < -0.3 is 5.32 Å². The quantitative estimate of drug-likeness (QED) is 0.551. The Labute approximate surface area is 98.9 Å². The number of amides is 3. The van der Waals surface area contributed by atoms with Crippen molar-refractivity contribution in [2.75, 3.05) is 5.88 Å². The van der Waals surface area contributed by atoms with Crippen molar-refractivity contribution in [3.8, 4) is 0 Å². The number of halogens is 1. The number of hydrogen-bond acceptors (Lipinski definition) is 3. The average Bonchev–Trinajstić information content (AvgIpc) is 2.22. The number of piperidine rings is 1. The Balaban J connectivity index is 2.58. The fraction of sp³-hybridized carbons (Fsp3) is 0.700. The highest BCUT2D eigenvalue weighted by atomic mass is 35.5. The Morgan fingerprint density at radius 1 is 1.56 bits per heavy atom. The zero-order valence-corrected chi connectivity index (χ0v) is 10.1. The largest absolute Gasteiger partial charge is 0.344 e. The maximum atomic E-state index is 11.7. The van der Waals surface area contributed by atoms with Crippen molar-refractivity contribution < 1.29 is 14.4 Å². The summed E-state index contributed by atoms with van der Waals surface area (Å²) < 4.78 is 0. The van der Waals surface area contributed by atoms with Crippen LogP contribution in [0.25, 0.3) is 0 Å². The third-order valence-electron chi connectivity index (χ3n) is 2.49. The lowest BCUT2D eigenvalue weighted by molar-refractivity contribution is -0.139. The van der Waals surface area contributed by atoms with Crippen LogP contribution in [0.2, 0.25) is 0 Å². The molecule has 16 heavy (non-hydrogen) atoms. The highest BCUT2D eigenvalue weighted by Gasteiger charge is 2.33. The molecule has 3 amide bonds. The summed E-state index contributed by atoms with van der Waals surface area (Å²) in [6, 6.07) is -0.632. The maximum Gasteiger partial charge on any atom is 0.249 e. The van der Waals surface area contributed by atoms with E-state index in [2.05, 4.69) is 10.6 Å². The molecule has 0 aromatic carbocycles. The SMILES string of the molecule is CC(C)(CCl)C(=O)NC1CCC(=O)NC1=O. The minimum Gasteiger partial charge on any atom is -0.344 e. The number of nitrogens with one attached hydrogen (secondary N) is 2. The molecule has 0 radical (unpaired) electrons. The zero-order valence-electron chi connectivity index (χ0n) is 9.30. The Morgan fingerprint density at radius 3 is 2.69 bits per heavy atom. The second-order valence-electron chi connectivity index (χ2n) is 4.49. The topological polar surface area (TPSA) is 75.3 Å². The van der Waals surface area contributed by atoms with Gasteiger partial charge in [0, 0.05) is 12.3 Å². The summed E-state index contributed by atoms with van der Waals surface area (Å²) >= 11 is 5.65. The molecule has 0 aliphatic carbocycles. The maximum absolute atomic E-state index is 11.7. The number of carbonyl (C=O) groups is 3. The van der Waals surface area contributed by atoms with E-state index in [1.807, 2.05) is 0 Å². The van der Waals surface area contributed by atoms with Gasteiger partial charge in [0.25, 0.3) is 0 Å². The summed E-state index contributed by atoms with van der Waals surface area (Å²) in [6.07, 6.45) is 0.590. The molecule has 1 saturated heterocycles. The summed E-state index contributed by atoms with van der Waals surface area (Å²) in [5, 5.41) is 4.77.